The van der Waals surface area contributed by atoms with E-state index in [1.165, 1.54) is 11.2 Å². The maximum Gasteiger partial charge on any atom is 0.287 e. The second kappa shape index (κ2) is 7.01. The summed E-state index contributed by atoms with van der Waals surface area (Å²) in [5.41, 5.74) is 1.34. The number of pyridine rings is 2. The zero-order valence-electron chi connectivity index (χ0n) is 15.8. The Kier molecular flexibility index (Phi) is 4.30. The largest absolute Gasteiger partial charge is 0.466 e. The van der Waals surface area contributed by atoms with Crippen LogP contribution in [0.3, 0.4) is 0 Å². The second-order valence-electron chi connectivity index (χ2n) is 7.19. The lowest BCUT2D eigenvalue weighted by Gasteiger charge is -2.37. The Balaban J connectivity index is 1.40. The zero-order valence-corrected chi connectivity index (χ0v) is 15.8. The Hall–Kier alpha value is -3.62. The minimum absolute atomic E-state index is 0.0773. The lowest BCUT2D eigenvalue weighted by atomic mass is 10.0. The minimum atomic E-state index is -3.08. The highest BCUT2D eigenvalue weighted by molar-refractivity contribution is 5.99. The van der Waals surface area contributed by atoms with Crippen LogP contribution in [-0.2, 0) is 0 Å². The van der Waals surface area contributed by atoms with Crippen LogP contribution in [0.1, 0.15) is 16.8 Å². The molecule has 1 fully saturated rings. The summed E-state index contributed by atoms with van der Waals surface area (Å²) in [6.45, 7) is -0.332. The van der Waals surface area contributed by atoms with Gasteiger partial charge in [0.15, 0.2) is 11.8 Å². The van der Waals surface area contributed by atoms with Gasteiger partial charge in [-0.15, -0.1) is 10.2 Å². The second-order valence-corrected chi connectivity index (χ2v) is 7.19. The number of alkyl halides is 2. The fraction of sp³-hybridized carbons (Fsp3) is 0.238. The van der Waals surface area contributed by atoms with Crippen molar-refractivity contribution in [2.24, 2.45) is 0 Å². The van der Waals surface area contributed by atoms with E-state index in [1.54, 1.807) is 40.9 Å². The standard InChI is InChI=1S/C21H17F2N5O2/c22-21(23)9-11-27(20(29)15-5-3-10-28-13-24-26-19(15)28)12-17(21)30-18-8-7-14-4-1-2-6-16(14)25-18/h1-8,10,13,17H,9,11-12H2. The molecule has 1 unspecified atom stereocenters. The number of carbonyl (C=O) groups excluding carboxylic acids is 1. The number of hydrogen-bond donors (Lipinski definition) is 0. The van der Waals surface area contributed by atoms with Gasteiger partial charge >= 0.3 is 0 Å². The topological polar surface area (TPSA) is 72.6 Å². The molecule has 1 atom stereocenters. The molecule has 0 bridgehead atoms. The molecule has 4 heterocycles. The molecule has 0 N–H and O–H groups in total. The van der Waals surface area contributed by atoms with Crippen LogP contribution in [0.5, 0.6) is 5.88 Å². The van der Waals surface area contributed by atoms with E-state index < -0.39 is 18.4 Å². The van der Waals surface area contributed by atoms with Crippen molar-refractivity contribution < 1.29 is 18.3 Å². The van der Waals surface area contributed by atoms with Gasteiger partial charge in [-0.05, 0) is 24.3 Å². The summed E-state index contributed by atoms with van der Waals surface area (Å²) >= 11 is 0. The van der Waals surface area contributed by atoms with Gasteiger partial charge in [0.1, 0.15) is 6.33 Å². The average molecular weight is 409 g/mol. The molecule has 0 saturated carbocycles. The van der Waals surface area contributed by atoms with Gasteiger partial charge in [0.25, 0.3) is 11.8 Å². The molecule has 1 aliphatic rings. The Morgan fingerprint density at radius 1 is 1.13 bits per heavy atom. The summed E-state index contributed by atoms with van der Waals surface area (Å²) in [4.78, 5) is 18.7. The molecular formula is C21H17F2N5O2. The van der Waals surface area contributed by atoms with Crippen molar-refractivity contribution in [3.63, 3.8) is 0 Å². The predicted molar refractivity (Wildman–Crippen MR) is 105 cm³/mol. The zero-order chi connectivity index (χ0) is 20.7. The number of amides is 1. The van der Waals surface area contributed by atoms with Gasteiger partial charge in [0, 0.05) is 30.6 Å². The van der Waals surface area contributed by atoms with E-state index in [-0.39, 0.29) is 24.9 Å². The Labute approximate surface area is 169 Å². The highest BCUT2D eigenvalue weighted by Crippen LogP contribution is 2.32. The number of ether oxygens (including phenoxy) is 1. The summed E-state index contributed by atoms with van der Waals surface area (Å²) in [7, 11) is 0. The third kappa shape index (κ3) is 3.22. The first-order valence-corrected chi connectivity index (χ1v) is 9.49. The number of likely N-dealkylation sites (tertiary alicyclic amines) is 1. The van der Waals surface area contributed by atoms with Gasteiger partial charge in [0.05, 0.1) is 17.6 Å². The Morgan fingerprint density at radius 3 is 2.90 bits per heavy atom. The molecule has 1 amide bonds. The molecule has 3 aromatic heterocycles. The van der Waals surface area contributed by atoms with Crippen LogP contribution >= 0.6 is 0 Å². The van der Waals surface area contributed by atoms with E-state index in [4.69, 9.17) is 4.74 Å². The van der Waals surface area contributed by atoms with Gasteiger partial charge < -0.3 is 9.64 Å². The monoisotopic (exact) mass is 409 g/mol. The molecule has 9 heteroatoms. The van der Waals surface area contributed by atoms with E-state index in [0.717, 1.165) is 5.39 Å². The van der Waals surface area contributed by atoms with E-state index in [9.17, 15) is 13.6 Å². The van der Waals surface area contributed by atoms with Gasteiger partial charge in [-0.1, -0.05) is 18.2 Å². The first-order chi connectivity index (χ1) is 14.5. The number of hydrogen-bond acceptors (Lipinski definition) is 5. The molecule has 0 aliphatic carbocycles. The van der Waals surface area contributed by atoms with Crippen molar-refractivity contribution >= 4 is 22.5 Å². The fourth-order valence-electron chi connectivity index (χ4n) is 3.62. The van der Waals surface area contributed by atoms with Gasteiger partial charge in [-0.2, -0.15) is 0 Å². The number of piperidine rings is 1. The minimum Gasteiger partial charge on any atom is -0.466 e. The normalized spacial score (nSPS) is 18.6. The Morgan fingerprint density at radius 2 is 2.00 bits per heavy atom. The van der Waals surface area contributed by atoms with Crippen LogP contribution in [-0.4, -0.2) is 55.5 Å². The van der Waals surface area contributed by atoms with E-state index in [2.05, 4.69) is 15.2 Å². The molecular weight excluding hydrogens is 392 g/mol. The number of nitrogens with zero attached hydrogens (tertiary/aromatic N) is 5. The molecule has 7 nitrogen and oxygen atoms in total. The first kappa shape index (κ1) is 18.4. The van der Waals surface area contributed by atoms with Gasteiger partial charge in [-0.25, -0.2) is 13.8 Å². The van der Waals surface area contributed by atoms with Crippen LogP contribution in [0.25, 0.3) is 16.6 Å². The highest BCUT2D eigenvalue weighted by atomic mass is 19.3. The number of para-hydroxylation sites is 1. The third-order valence-corrected chi connectivity index (χ3v) is 5.25. The van der Waals surface area contributed by atoms with Crippen molar-refractivity contribution in [2.75, 3.05) is 13.1 Å². The average Bonchev–Trinajstić information content (AvgIpc) is 3.23. The van der Waals surface area contributed by atoms with Gasteiger partial charge in [0.2, 0.25) is 5.88 Å². The number of aromatic nitrogens is 4. The smallest absolute Gasteiger partial charge is 0.287 e. The summed E-state index contributed by atoms with van der Waals surface area (Å²) in [5.74, 6) is -3.36. The van der Waals surface area contributed by atoms with Crippen molar-refractivity contribution in [2.45, 2.75) is 18.4 Å². The molecule has 0 radical (unpaired) electrons. The number of halogens is 2. The highest BCUT2D eigenvalue weighted by Gasteiger charge is 2.47. The first-order valence-electron chi connectivity index (χ1n) is 9.49. The molecule has 30 heavy (non-hydrogen) atoms. The molecule has 152 valence electrons. The molecule has 5 rings (SSSR count). The number of rotatable bonds is 3. The summed E-state index contributed by atoms with van der Waals surface area (Å²) in [6.07, 6.45) is 1.20. The lowest BCUT2D eigenvalue weighted by molar-refractivity contribution is -0.131. The van der Waals surface area contributed by atoms with E-state index >= 15 is 0 Å². The maximum absolute atomic E-state index is 14.6. The molecule has 1 aromatic carbocycles. The predicted octanol–water partition coefficient (Wildman–Crippen LogP) is 3.21. The Bertz CT molecular complexity index is 1240. The summed E-state index contributed by atoms with van der Waals surface area (Å²) in [5, 5.41) is 8.64. The van der Waals surface area contributed by atoms with Crippen molar-refractivity contribution in [1.29, 1.82) is 0 Å². The van der Waals surface area contributed by atoms with Crippen molar-refractivity contribution in [3.05, 3.63) is 66.6 Å². The molecule has 1 aliphatic heterocycles. The van der Waals surface area contributed by atoms with Crippen LogP contribution in [0.4, 0.5) is 8.78 Å². The summed E-state index contributed by atoms with van der Waals surface area (Å²) in [6, 6.07) is 14.0. The molecule has 1 saturated heterocycles. The van der Waals surface area contributed by atoms with Crippen LogP contribution in [0.15, 0.2) is 61.1 Å². The van der Waals surface area contributed by atoms with Crippen LogP contribution < -0.4 is 4.74 Å². The lowest BCUT2D eigenvalue weighted by Crippen LogP contribution is -2.55. The van der Waals surface area contributed by atoms with Crippen molar-refractivity contribution in [3.8, 4) is 5.88 Å². The van der Waals surface area contributed by atoms with E-state index in [1.807, 2.05) is 18.2 Å². The summed E-state index contributed by atoms with van der Waals surface area (Å²) < 4.78 is 36.4. The quantitative estimate of drug-likeness (QED) is 0.520. The maximum atomic E-state index is 14.6. The SMILES string of the molecule is O=C(c1cccn2cnnc12)N1CCC(F)(F)C(Oc2ccc3ccccc3n2)C1. The number of benzene rings is 1. The van der Waals surface area contributed by atoms with Crippen LogP contribution in [0, 0.1) is 0 Å². The molecule has 4 aromatic rings. The van der Waals surface area contributed by atoms with E-state index in [0.29, 0.717) is 16.7 Å². The third-order valence-electron chi connectivity index (χ3n) is 5.25. The van der Waals surface area contributed by atoms with Crippen molar-refractivity contribution in [1.82, 2.24) is 24.5 Å². The molecule has 0 spiro atoms. The fourth-order valence-corrected chi connectivity index (χ4v) is 3.62. The number of fused-ring (bicyclic) bond motifs is 2. The van der Waals surface area contributed by atoms with Gasteiger partial charge in [-0.3, -0.25) is 9.20 Å². The number of carbonyl (C=O) groups is 1. The van der Waals surface area contributed by atoms with Crippen LogP contribution in [0.2, 0.25) is 0 Å².